The normalized spacial score (nSPS) is 16.8. The van der Waals surface area contributed by atoms with Crippen LogP contribution >= 0.6 is 0 Å². The summed E-state index contributed by atoms with van der Waals surface area (Å²) in [5.41, 5.74) is 7.72. The Bertz CT molecular complexity index is 1450. The van der Waals surface area contributed by atoms with Gasteiger partial charge in [-0.2, -0.15) is 0 Å². The first kappa shape index (κ1) is 24.5. The number of hydrogen-bond donors (Lipinski definition) is 1. The highest BCUT2D eigenvalue weighted by Gasteiger charge is 2.29. The summed E-state index contributed by atoms with van der Waals surface area (Å²) in [4.78, 5) is 28.5. The number of rotatable bonds is 5. The number of benzene rings is 2. The average Bonchev–Trinajstić information content (AvgIpc) is 3.30. The third-order valence-corrected chi connectivity index (χ3v) is 7.12. The summed E-state index contributed by atoms with van der Waals surface area (Å²) in [5.74, 6) is 0.548. The van der Waals surface area contributed by atoms with Gasteiger partial charge in [0.1, 0.15) is 0 Å². The third kappa shape index (κ3) is 4.44. The summed E-state index contributed by atoms with van der Waals surface area (Å²) >= 11 is 0. The van der Waals surface area contributed by atoms with Crippen LogP contribution in [0, 0.1) is 0 Å². The van der Waals surface area contributed by atoms with Crippen LogP contribution in [0.4, 0.5) is 17.3 Å². The molecule has 190 valence electrons. The Morgan fingerprint density at radius 3 is 2.68 bits per heavy atom. The van der Waals surface area contributed by atoms with Crippen molar-refractivity contribution in [1.29, 1.82) is 0 Å². The number of imidazole rings is 1. The molecule has 0 unspecified atom stereocenters. The van der Waals surface area contributed by atoms with E-state index >= 15 is 0 Å². The molecule has 0 bridgehead atoms. The Labute approximate surface area is 217 Å². The Kier molecular flexibility index (Phi) is 6.43. The summed E-state index contributed by atoms with van der Waals surface area (Å²) in [5, 5.41) is 10.5. The largest absolute Gasteiger partial charge is 0.392 e. The minimum absolute atomic E-state index is 0.0430. The maximum atomic E-state index is 13.6. The monoisotopic (exact) mass is 496 g/mol. The molecule has 0 aliphatic carbocycles. The molecule has 8 nitrogen and oxygen atoms in total. The van der Waals surface area contributed by atoms with E-state index in [-0.39, 0.29) is 12.5 Å². The SMILES string of the molecule is C=C1C(=Nc2nccn2C)C=C(c2cccc(N3CCc4cc(N(C)C)ccc4C3=O)c2CO)CN1C. The van der Waals surface area contributed by atoms with Gasteiger partial charge in [0.25, 0.3) is 5.91 Å². The van der Waals surface area contributed by atoms with Gasteiger partial charge in [0.2, 0.25) is 5.95 Å². The fourth-order valence-corrected chi connectivity index (χ4v) is 4.95. The first-order valence-corrected chi connectivity index (χ1v) is 12.3. The molecular formula is C29H32N6O2. The predicted octanol–water partition coefficient (Wildman–Crippen LogP) is 3.80. The summed E-state index contributed by atoms with van der Waals surface area (Å²) in [6.07, 6.45) is 6.32. The number of hydrogen-bond acceptors (Lipinski definition) is 6. The van der Waals surface area contributed by atoms with Crippen LogP contribution in [0.5, 0.6) is 0 Å². The lowest BCUT2D eigenvalue weighted by Crippen LogP contribution is -2.38. The van der Waals surface area contributed by atoms with E-state index in [2.05, 4.69) is 17.6 Å². The zero-order chi connectivity index (χ0) is 26.3. The molecule has 0 fully saturated rings. The van der Waals surface area contributed by atoms with E-state index in [9.17, 15) is 9.90 Å². The molecule has 2 aliphatic rings. The Morgan fingerprint density at radius 2 is 1.97 bits per heavy atom. The van der Waals surface area contributed by atoms with Gasteiger partial charge in [-0.15, -0.1) is 0 Å². The number of aromatic nitrogens is 2. The lowest BCUT2D eigenvalue weighted by molar-refractivity contribution is 0.0980. The van der Waals surface area contributed by atoms with Crippen LogP contribution in [0.2, 0.25) is 0 Å². The molecule has 2 aliphatic heterocycles. The molecule has 0 saturated carbocycles. The van der Waals surface area contributed by atoms with Crippen molar-refractivity contribution in [2.24, 2.45) is 12.0 Å². The summed E-state index contributed by atoms with van der Waals surface area (Å²) in [6, 6.07) is 11.8. The Morgan fingerprint density at radius 1 is 1.16 bits per heavy atom. The minimum atomic E-state index is -0.185. The number of carbonyl (C=O) groups excluding carboxylic acids is 1. The molecule has 8 heteroatoms. The molecule has 3 aromatic rings. The summed E-state index contributed by atoms with van der Waals surface area (Å²) in [7, 11) is 7.86. The molecule has 1 N–H and O–H groups in total. The van der Waals surface area contributed by atoms with E-state index in [0.29, 0.717) is 30.3 Å². The first-order valence-electron chi connectivity index (χ1n) is 12.3. The van der Waals surface area contributed by atoms with Crippen LogP contribution in [0.25, 0.3) is 5.57 Å². The molecule has 0 atom stereocenters. The number of anilines is 2. The van der Waals surface area contributed by atoms with E-state index in [1.54, 1.807) is 11.1 Å². The fourth-order valence-electron chi connectivity index (χ4n) is 4.95. The standard InChI is InChI=1S/C29H32N6O2/c1-19-26(31-29-30-12-14-33(29)4)16-21(17-34(19)5)23-7-6-8-27(25(23)18-36)35-13-11-20-15-22(32(2)3)9-10-24(20)28(35)37/h6-10,12,14-16,36H,1,11,13,17-18H2,2-5H3. The van der Waals surface area contributed by atoms with Gasteiger partial charge < -0.3 is 24.4 Å². The smallest absolute Gasteiger partial charge is 0.258 e. The van der Waals surface area contributed by atoms with Crippen molar-refractivity contribution in [3.05, 3.63) is 89.4 Å². The van der Waals surface area contributed by atoms with Crippen LogP contribution in [0.1, 0.15) is 27.0 Å². The van der Waals surface area contributed by atoms with Gasteiger partial charge in [-0.05, 0) is 53.5 Å². The highest BCUT2D eigenvalue weighted by molar-refractivity contribution is 6.14. The number of aliphatic hydroxyl groups excluding tert-OH is 1. The quantitative estimate of drug-likeness (QED) is 0.582. The number of likely N-dealkylation sites (N-methyl/N-ethyl adjacent to an activating group) is 1. The number of allylic oxidation sites excluding steroid dienone is 1. The zero-order valence-electron chi connectivity index (χ0n) is 21.8. The van der Waals surface area contributed by atoms with E-state index in [1.165, 1.54) is 0 Å². The molecule has 0 spiro atoms. The van der Waals surface area contributed by atoms with Crippen molar-refractivity contribution >= 4 is 34.5 Å². The maximum Gasteiger partial charge on any atom is 0.258 e. The van der Waals surface area contributed by atoms with Crippen LogP contribution in [0.3, 0.4) is 0 Å². The van der Waals surface area contributed by atoms with Crippen LogP contribution in [-0.2, 0) is 20.1 Å². The number of aliphatic imine (C=N–C) groups is 1. The van der Waals surface area contributed by atoms with E-state index in [0.717, 1.165) is 45.8 Å². The van der Waals surface area contributed by atoms with Crippen molar-refractivity contribution in [3.8, 4) is 0 Å². The van der Waals surface area contributed by atoms with Crippen LogP contribution in [0.15, 0.2) is 72.1 Å². The van der Waals surface area contributed by atoms with Gasteiger partial charge in [0.15, 0.2) is 0 Å². The number of fused-ring (bicyclic) bond motifs is 1. The predicted molar refractivity (Wildman–Crippen MR) is 149 cm³/mol. The second-order valence-corrected chi connectivity index (χ2v) is 9.71. The summed E-state index contributed by atoms with van der Waals surface area (Å²) in [6.45, 7) is 5.19. The molecular weight excluding hydrogens is 464 g/mol. The molecule has 2 aromatic carbocycles. The van der Waals surface area contributed by atoms with E-state index in [4.69, 9.17) is 4.99 Å². The molecule has 0 saturated heterocycles. The van der Waals surface area contributed by atoms with E-state index in [1.807, 2.05) is 85.2 Å². The van der Waals surface area contributed by atoms with Gasteiger partial charge in [-0.1, -0.05) is 18.7 Å². The van der Waals surface area contributed by atoms with Gasteiger partial charge >= 0.3 is 0 Å². The van der Waals surface area contributed by atoms with Crippen molar-refractivity contribution in [2.75, 3.05) is 44.0 Å². The molecule has 1 amide bonds. The third-order valence-electron chi connectivity index (χ3n) is 7.12. The Hall–Kier alpha value is -4.17. The lowest BCUT2D eigenvalue weighted by atomic mass is 9.92. The molecule has 0 radical (unpaired) electrons. The number of nitrogens with zero attached hydrogens (tertiary/aromatic N) is 6. The topological polar surface area (TPSA) is 77.2 Å². The Balaban J connectivity index is 1.54. The molecule has 5 rings (SSSR count). The van der Waals surface area contributed by atoms with Crippen molar-refractivity contribution in [3.63, 3.8) is 0 Å². The first-order chi connectivity index (χ1) is 17.8. The second kappa shape index (κ2) is 9.71. The van der Waals surface area contributed by atoms with Crippen molar-refractivity contribution in [1.82, 2.24) is 14.5 Å². The second-order valence-electron chi connectivity index (χ2n) is 9.71. The maximum absolute atomic E-state index is 13.6. The van der Waals surface area contributed by atoms with Gasteiger partial charge in [0, 0.05) is 70.5 Å². The van der Waals surface area contributed by atoms with Gasteiger partial charge in [-0.3, -0.25) is 4.79 Å². The lowest BCUT2D eigenvalue weighted by Gasteiger charge is -2.33. The number of carbonyl (C=O) groups is 1. The number of aryl methyl sites for hydroxylation is 1. The van der Waals surface area contributed by atoms with Crippen molar-refractivity contribution in [2.45, 2.75) is 13.0 Å². The average molecular weight is 497 g/mol. The van der Waals surface area contributed by atoms with Crippen LogP contribution in [-0.4, -0.2) is 65.4 Å². The molecule has 37 heavy (non-hydrogen) atoms. The van der Waals surface area contributed by atoms with E-state index < -0.39 is 0 Å². The molecule has 1 aromatic heterocycles. The fraction of sp³-hybridized carbons (Fsp3) is 0.276. The number of aliphatic hydroxyl groups is 1. The molecule has 3 heterocycles. The highest BCUT2D eigenvalue weighted by Crippen LogP contribution is 2.35. The van der Waals surface area contributed by atoms with Crippen molar-refractivity contribution < 1.29 is 9.90 Å². The zero-order valence-corrected chi connectivity index (χ0v) is 21.8. The highest BCUT2D eigenvalue weighted by atomic mass is 16.3. The number of amides is 1. The van der Waals surface area contributed by atoms with Gasteiger partial charge in [0.05, 0.1) is 23.7 Å². The van der Waals surface area contributed by atoms with Crippen LogP contribution < -0.4 is 9.80 Å². The van der Waals surface area contributed by atoms with Gasteiger partial charge in [-0.25, -0.2) is 9.98 Å². The minimum Gasteiger partial charge on any atom is -0.392 e. The summed E-state index contributed by atoms with van der Waals surface area (Å²) < 4.78 is 1.85.